The summed E-state index contributed by atoms with van der Waals surface area (Å²) < 4.78 is 0. The molecule has 2 nitrogen and oxygen atoms in total. The van der Waals surface area contributed by atoms with E-state index in [0.29, 0.717) is 6.54 Å². The summed E-state index contributed by atoms with van der Waals surface area (Å²) in [6.45, 7) is 1.47. The Hall–Kier alpha value is -1.64. The molecule has 1 atom stereocenters. The van der Waals surface area contributed by atoms with E-state index >= 15 is 0 Å². The summed E-state index contributed by atoms with van der Waals surface area (Å²) >= 11 is 0. The monoisotopic (exact) mass is 239 g/mol. The third kappa shape index (κ3) is 1.84. The topological polar surface area (TPSA) is 32.3 Å². The average Bonchev–Trinajstić information content (AvgIpc) is 2.61. The molecule has 2 heteroatoms. The van der Waals surface area contributed by atoms with Crippen LogP contribution in [0, 0.1) is 0 Å². The Kier molecular flexibility index (Phi) is 2.90. The lowest BCUT2D eigenvalue weighted by Gasteiger charge is -2.29. The first kappa shape index (κ1) is 11.5. The van der Waals surface area contributed by atoms with Crippen LogP contribution in [-0.4, -0.2) is 18.2 Å². The van der Waals surface area contributed by atoms with Gasteiger partial charge in [-0.05, 0) is 29.7 Å². The zero-order valence-corrected chi connectivity index (χ0v) is 10.3. The SMILES string of the molecule is O[C@]1(c2ccccc2)CNCCc2ccccc21. The van der Waals surface area contributed by atoms with E-state index in [9.17, 15) is 5.11 Å². The van der Waals surface area contributed by atoms with Gasteiger partial charge < -0.3 is 10.4 Å². The van der Waals surface area contributed by atoms with Crippen molar-refractivity contribution in [2.24, 2.45) is 0 Å². The number of benzene rings is 2. The summed E-state index contributed by atoms with van der Waals surface area (Å²) in [5.41, 5.74) is 2.29. The molecule has 0 amide bonds. The van der Waals surface area contributed by atoms with Crippen LogP contribution < -0.4 is 5.32 Å². The molecule has 0 fully saturated rings. The highest BCUT2D eigenvalue weighted by Crippen LogP contribution is 2.32. The first-order chi connectivity index (χ1) is 8.81. The summed E-state index contributed by atoms with van der Waals surface area (Å²) in [7, 11) is 0. The van der Waals surface area contributed by atoms with Gasteiger partial charge >= 0.3 is 0 Å². The molecule has 0 saturated carbocycles. The second kappa shape index (κ2) is 4.56. The first-order valence-electron chi connectivity index (χ1n) is 6.38. The molecule has 0 spiro atoms. The van der Waals surface area contributed by atoms with Crippen LogP contribution in [0.5, 0.6) is 0 Å². The van der Waals surface area contributed by atoms with Crippen molar-refractivity contribution in [3.63, 3.8) is 0 Å². The van der Waals surface area contributed by atoms with E-state index in [2.05, 4.69) is 11.4 Å². The summed E-state index contributed by atoms with van der Waals surface area (Å²) in [5, 5.41) is 14.4. The zero-order chi connectivity index (χ0) is 12.4. The summed E-state index contributed by atoms with van der Waals surface area (Å²) in [4.78, 5) is 0. The van der Waals surface area contributed by atoms with Crippen molar-refractivity contribution < 1.29 is 5.11 Å². The first-order valence-corrected chi connectivity index (χ1v) is 6.38. The van der Waals surface area contributed by atoms with Crippen LogP contribution in [-0.2, 0) is 12.0 Å². The van der Waals surface area contributed by atoms with Gasteiger partial charge in [-0.25, -0.2) is 0 Å². The maximum Gasteiger partial charge on any atom is 0.127 e. The third-order valence-electron chi connectivity index (χ3n) is 3.67. The Morgan fingerprint density at radius 1 is 0.944 bits per heavy atom. The molecule has 0 bridgehead atoms. The fourth-order valence-corrected chi connectivity index (χ4v) is 2.70. The van der Waals surface area contributed by atoms with Crippen molar-refractivity contribution in [2.75, 3.05) is 13.1 Å². The molecule has 2 aromatic rings. The summed E-state index contributed by atoms with van der Waals surface area (Å²) in [6, 6.07) is 18.1. The Bertz CT molecular complexity index is 538. The highest BCUT2D eigenvalue weighted by molar-refractivity contribution is 5.42. The third-order valence-corrected chi connectivity index (χ3v) is 3.67. The van der Waals surface area contributed by atoms with Crippen LogP contribution in [0.3, 0.4) is 0 Å². The summed E-state index contributed by atoms with van der Waals surface area (Å²) in [5.74, 6) is 0. The molecule has 1 heterocycles. The van der Waals surface area contributed by atoms with Gasteiger partial charge in [-0.3, -0.25) is 0 Å². The van der Waals surface area contributed by atoms with Crippen LogP contribution in [0.4, 0.5) is 0 Å². The normalized spacial score (nSPS) is 23.2. The van der Waals surface area contributed by atoms with Crippen molar-refractivity contribution >= 4 is 0 Å². The van der Waals surface area contributed by atoms with E-state index in [1.54, 1.807) is 0 Å². The molecule has 0 unspecified atom stereocenters. The van der Waals surface area contributed by atoms with Crippen LogP contribution in [0.2, 0.25) is 0 Å². The Morgan fingerprint density at radius 3 is 2.50 bits per heavy atom. The van der Waals surface area contributed by atoms with E-state index in [4.69, 9.17) is 0 Å². The molecule has 92 valence electrons. The molecule has 18 heavy (non-hydrogen) atoms. The van der Waals surface area contributed by atoms with Gasteiger partial charge in [0.25, 0.3) is 0 Å². The highest BCUT2D eigenvalue weighted by atomic mass is 16.3. The molecular weight excluding hydrogens is 222 g/mol. The zero-order valence-electron chi connectivity index (χ0n) is 10.3. The standard InChI is InChI=1S/C16H17NO/c18-16(14-7-2-1-3-8-14)12-17-11-10-13-6-4-5-9-15(13)16/h1-9,17-18H,10-12H2/t16-/m0/s1. The van der Waals surface area contributed by atoms with Gasteiger partial charge in [0.05, 0.1) is 0 Å². The minimum absolute atomic E-state index is 0.564. The number of hydrogen-bond donors (Lipinski definition) is 2. The predicted molar refractivity (Wildman–Crippen MR) is 72.5 cm³/mol. The van der Waals surface area contributed by atoms with Crippen molar-refractivity contribution in [3.8, 4) is 0 Å². The van der Waals surface area contributed by atoms with Crippen molar-refractivity contribution in [1.82, 2.24) is 5.32 Å². The minimum Gasteiger partial charge on any atom is -0.379 e. The molecule has 0 aliphatic carbocycles. The Labute approximate surface area is 107 Å². The second-order valence-corrected chi connectivity index (χ2v) is 4.81. The summed E-state index contributed by atoms with van der Waals surface area (Å²) in [6.07, 6.45) is 0.964. The fourth-order valence-electron chi connectivity index (χ4n) is 2.70. The predicted octanol–water partition coefficient (Wildman–Crippen LogP) is 2.07. The number of nitrogens with one attached hydrogen (secondary N) is 1. The minimum atomic E-state index is -0.922. The van der Waals surface area contributed by atoms with Crippen LogP contribution >= 0.6 is 0 Å². The van der Waals surface area contributed by atoms with Crippen LogP contribution in [0.25, 0.3) is 0 Å². The highest BCUT2D eigenvalue weighted by Gasteiger charge is 2.34. The number of rotatable bonds is 1. The number of hydrogen-bond acceptors (Lipinski definition) is 2. The molecule has 0 aromatic heterocycles. The lowest BCUT2D eigenvalue weighted by atomic mass is 9.84. The van der Waals surface area contributed by atoms with Gasteiger partial charge in [-0.1, -0.05) is 54.6 Å². The molecule has 3 rings (SSSR count). The average molecular weight is 239 g/mol. The van der Waals surface area contributed by atoms with E-state index in [1.807, 2.05) is 48.5 Å². The molecule has 0 saturated heterocycles. The molecule has 1 aliphatic rings. The van der Waals surface area contributed by atoms with Crippen molar-refractivity contribution in [3.05, 3.63) is 71.3 Å². The molecule has 2 N–H and O–H groups in total. The quantitative estimate of drug-likeness (QED) is 0.798. The molecular formula is C16H17NO. The number of fused-ring (bicyclic) bond motifs is 1. The van der Waals surface area contributed by atoms with Gasteiger partial charge in [0.1, 0.15) is 5.60 Å². The molecule has 0 radical (unpaired) electrons. The van der Waals surface area contributed by atoms with E-state index in [0.717, 1.165) is 24.1 Å². The largest absolute Gasteiger partial charge is 0.379 e. The molecule has 1 aliphatic heterocycles. The van der Waals surface area contributed by atoms with Crippen LogP contribution in [0.1, 0.15) is 16.7 Å². The van der Waals surface area contributed by atoms with Gasteiger partial charge in [-0.15, -0.1) is 0 Å². The van der Waals surface area contributed by atoms with Gasteiger partial charge in [0.15, 0.2) is 0 Å². The second-order valence-electron chi connectivity index (χ2n) is 4.81. The smallest absolute Gasteiger partial charge is 0.127 e. The van der Waals surface area contributed by atoms with Crippen molar-refractivity contribution in [1.29, 1.82) is 0 Å². The molecule has 2 aromatic carbocycles. The maximum atomic E-state index is 11.1. The maximum absolute atomic E-state index is 11.1. The van der Waals surface area contributed by atoms with E-state index in [1.165, 1.54) is 5.56 Å². The van der Waals surface area contributed by atoms with Crippen LogP contribution in [0.15, 0.2) is 54.6 Å². The van der Waals surface area contributed by atoms with E-state index in [-0.39, 0.29) is 0 Å². The fraction of sp³-hybridized carbons (Fsp3) is 0.250. The number of aliphatic hydroxyl groups is 1. The van der Waals surface area contributed by atoms with E-state index < -0.39 is 5.60 Å². The lowest BCUT2D eigenvalue weighted by molar-refractivity contribution is 0.0826. The lowest BCUT2D eigenvalue weighted by Crippen LogP contribution is -2.38. The van der Waals surface area contributed by atoms with Gasteiger partial charge in [-0.2, -0.15) is 0 Å². The van der Waals surface area contributed by atoms with Gasteiger partial charge in [0, 0.05) is 6.54 Å². The van der Waals surface area contributed by atoms with Gasteiger partial charge in [0.2, 0.25) is 0 Å². The van der Waals surface area contributed by atoms with Crippen molar-refractivity contribution in [2.45, 2.75) is 12.0 Å². The Morgan fingerprint density at radius 2 is 1.67 bits per heavy atom. The number of β-amino-alcohol motifs (C(OH)–C–C–N with tert-alkyl or cyclic N) is 1. The Balaban J connectivity index is 2.16.